The average Bonchev–Trinajstić information content (AvgIpc) is 3.22. The third-order valence-electron chi connectivity index (χ3n) is 3.55. The van der Waals surface area contributed by atoms with E-state index in [1.54, 1.807) is 23.0 Å². The van der Waals surface area contributed by atoms with Crippen LogP contribution in [0.15, 0.2) is 43.0 Å². The molecule has 2 heterocycles. The van der Waals surface area contributed by atoms with E-state index in [1.807, 2.05) is 31.7 Å². The number of phenols is 1. The molecule has 2 N–H and O–H groups in total. The van der Waals surface area contributed by atoms with Crippen LogP contribution >= 0.6 is 0 Å². The van der Waals surface area contributed by atoms with Crippen LogP contribution in [-0.2, 0) is 24.8 Å². The van der Waals surface area contributed by atoms with Crippen molar-refractivity contribution in [2.75, 3.05) is 7.11 Å². The van der Waals surface area contributed by atoms with Crippen molar-refractivity contribution in [2.24, 2.45) is 7.05 Å². The van der Waals surface area contributed by atoms with Crippen LogP contribution in [0, 0.1) is 0 Å². The van der Waals surface area contributed by atoms with Crippen molar-refractivity contribution in [3.05, 3.63) is 48.5 Å². The van der Waals surface area contributed by atoms with Crippen LogP contribution in [0.2, 0.25) is 0 Å². The van der Waals surface area contributed by atoms with Crippen LogP contribution in [0.25, 0.3) is 11.4 Å². The Morgan fingerprint density at radius 1 is 1.36 bits per heavy atom. The maximum Gasteiger partial charge on any atom is 0.290 e. The lowest BCUT2D eigenvalue weighted by molar-refractivity contribution is -0.122. The molecule has 0 spiro atoms. The molecule has 2 aromatic heterocycles. The second kappa shape index (κ2) is 8.53. The predicted octanol–water partition coefficient (Wildman–Crippen LogP) is 1.94. The number of aromatic hydroxyl groups is 1. The van der Waals surface area contributed by atoms with Gasteiger partial charge in [0.05, 0.1) is 13.3 Å². The van der Waals surface area contributed by atoms with Crippen LogP contribution < -0.4 is 4.74 Å². The van der Waals surface area contributed by atoms with E-state index in [0.29, 0.717) is 5.75 Å². The molecule has 0 atom stereocenters. The molecule has 0 unspecified atom stereocenters. The molecule has 25 heavy (non-hydrogen) atoms. The van der Waals surface area contributed by atoms with E-state index in [-0.39, 0.29) is 12.2 Å². The number of carbonyl (C=O) groups is 1. The number of aryl methyl sites for hydroxylation is 3. The van der Waals surface area contributed by atoms with Gasteiger partial charge in [-0.25, -0.2) is 4.98 Å². The zero-order valence-corrected chi connectivity index (χ0v) is 14.0. The van der Waals surface area contributed by atoms with Gasteiger partial charge < -0.3 is 19.5 Å². The van der Waals surface area contributed by atoms with Crippen LogP contribution in [-0.4, -0.2) is 43.1 Å². The van der Waals surface area contributed by atoms with Crippen LogP contribution in [0.4, 0.5) is 0 Å². The van der Waals surface area contributed by atoms with Gasteiger partial charge in [-0.15, -0.1) is 0 Å². The van der Waals surface area contributed by atoms with Crippen LogP contribution in [0.5, 0.6) is 11.5 Å². The Morgan fingerprint density at radius 3 is 2.72 bits per heavy atom. The van der Waals surface area contributed by atoms with Gasteiger partial charge in [-0.1, -0.05) is 0 Å². The fraction of sp³-hybridized carbons (Fsp3) is 0.235. The molecule has 8 heteroatoms. The van der Waals surface area contributed by atoms with Crippen molar-refractivity contribution in [3.8, 4) is 22.9 Å². The highest BCUT2D eigenvalue weighted by Crippen LogP contribution is 2.30. The number of hydrogen-bond acceptors (Lipinski definition) is 5. The maximum absolute atomic E-state index is 9.92. The van der Waals surface area contributed by atoms with Gasteiger partial charge in [-0.3, -0.25) is 9.48 Å². The van der Waals surface area contributed by atoms with E-state index in [4.69, 9.17) is 14.6 Å². The van der Waals surface area contributed by atoms with Gasteiger partial charge in [0.2, 0.25) is 0 Å². The van der Waals surface area contributed by atoms with Gasteiger partial charge in [-0.05, 0) is 30.2 Å². The molecule has 0 amide bonds. The summed E-state index contributed by atoms with van der Waals surface area (Å²) in [5.74, 6) is 1.39. The summed E-state index contributed by atoms with van der Waals surface area (Å²) in [5.41, 5.74) is 2.04. The van der Waals surface area contributed by atoms with Gasteiger partial charge >= 0.3 is 0 Å². The summed E-state index contributed by atoms with van der Waals surface area (Å²) in [5, 5.41) is 21.0. The zero-order valence-electron chi connectivity index (χ0n) is 14.0. The summed E-state index contributed by atoms with van der Waals surface area (Å²) in [6, 6.07) is 5.30. The highest BCUT2D eigenvalue weighted by molar-refractivity contribution is 5.61. The molecule has 3 aromatic rings. The number of rotatable bonds is 5. The largest absolute Gasteiger partial charge is 0.504 e. The molecule has 0 aliphatic rings. The summed E-state index contributed by atoms with van der Waals surface area (Å²) < 4.78 is 8.93. The zero-order chi connectivity index (χ0) is 18.2. The third-order valence-corrected chi connectivity index (χ3v) is 3.55. The quantitative estimate of drug-likeness (QED) is 0.686. The predicted molar refractivity (Wildman–Crippen MR) is 91.5 cm³/mol. The maximum atomic E-state index is 9.92. The Balaban J connectivity index is 0.000000701. The van der Waals surface area contributed by atoms with Crippen molar-refractivity contribution in [3.63, 3.8) is 0 Å². The van der Waals surface area contributed by atoms with Crippen molar-refractivity contribution >= 4 is 6.47 Å². The normalized spacial score (nSPS) is 10.0. The summed E-state index contributed by atoms with van der Waals surface area (Å²) in [4.78, 5) is 12.8. The summed E-state index contributed by atoms with van der Waals surface area (Å²) in [7, 11) is 3.44. The topological polar surface area (TPSA) is 102 Å². The second-order valence-electron chi connectivity index (χ2n) is 5.21. The molecule has 0 saturated carbocycles. The second-order valence-corrected chi connectivity index (χ2v) is 5.21. The molecule has 8 nitrogen and oxygen atoms in total. The first-order valence-corrected chi connectivity index (χ1v) is 7.53. The lowest BCUT2D eigenvalue weighted by Gasteiger charge is -2.09. The number of nitrogens with zero attached hydrogens (tertiary/aromatic N) is 4. The van der Waals surface area contributed by atoms with E-state index in [2.05, 4.69) is 14.6 Å². The monoisotopic (exact) mass is 344 g/mol. The Morgan fingerprint density at radius 2 is 2.12 bits per heavy atom. The van der Waals surface area contributed by atoms with E-state index in [0.717, 1.165) is 24.4 Å². The third kappa shape index (κ3) is 4.60. The number of ether oxygens (including phenoxy) is 1. The van der Waals surface area contributed by atoms with E-state index >= 15 is 0 Å². The molecule has 0 aliphatic heterocycles. The minimum atomic E-state index is -0.250. The molecular formula is C17H20N4O4. The van der Waals surface area contributed by atoms with Crippen LogP contribution in [0.3, 0.4) is 0 Å². The molecule has 3 rings (SSSR count). The fourth-order valence-corrected chi connectivity index (χ4v) is 2.43. The van der Waals surface area contributed by atoms with Gasteiger partial charge in [0.1, 0.15) is 5.82 Å². The lowest BCUT2D eigenvalue weighted by Crippen LogP contribution is -2.02. The number of imidazole rings is 1. The van der Waals surface area contributed by atoms with E-state index in [9.17, 15) is 5.11 Å². The van der Waals surface area contributed by atoms with Crippen LogP contribution in [0.1, 0.15) is 5.56 Å². The number of aromatic nitrogens is 4. The summed E-state index contributed by atoms with van der Waals surface area (Å²) >= 11 is 0. The first-order valence-electron chi connectivity index (χ1n) is 7.53. The molecule has 0 saturated heterocycles. The molecule has 1 aromatic carbocycles. The first-order chi connectivity index (χ1) is 12.1. The standard InChI is InChI=1S/C16H18N4O2.CH2O2/c1-19-11-12(10-18-19)5-7-20-8-6-17-16(20)13-3-4-15(22-2)14(21)9-13;2-1-3/h3-4,6,8-11,21H,5,7H2,1-2H3;1H,(H,2,3). The molecule has 132 valence electrons. The minimum Gasteiger partial charge on any atom is -0.504 e. The lowest BCUT2D eigenvalue weighted by atomic mass is 10.2. The number of phenolic OH excluding ortho intramolecular Hbond substituents is 1. The molecular weight excluding hydrogens is 324 g/mol. The highest BCUT2D eigenvalue weighted by Gasteiger charge is 2.10. The molecule has 0 bridgehead atoms. The number of hydrogen-bond donors (Lipinski definition) is 2. The Hall–Kier alpha value is -3.29. The van der Waals surface area contributed by atoms with Gasteiger partial charge in [0.25, 0.3) is 6.47 Å². The van der Waals surface area contributed by atoms with Crippen molar-refractivity contribution in [1.82, 2.24) is 19.3 Å². The number of methoxy groups -OCH3 is 1. The average molecular weight is 344 g/mol. The van der Waals surface area contributed by atoms with Gasteiger partial charge in [0.15, 0.2) is 11.5 Å². The number of benzene rings is 1. The van der Waals surface area contributed by atoms with E-state index in [1.165, 1.54) is 12.7 Å². The van der Waals surface area contributed by atoms with Crippen molar-refractivity contribution < 1.29 is 19.7 Å². The SMILES string of the molecule is COc1ccc(-c2nccn2CCc2cnn(C)c2)cc1O.O=CO. The van der Waals surface area contributed by atoms with Crippen molar-refractivity contribution in [1.29, 1.82) is 0 Å². The fourth-order valence-electron chi connectivity index (χ4n) is 2.43. The molecule has 0 fully saturated rings. The Bertz CT molecular complexity index is 826. The summed E-state index contributed by atoms with van der Waals surface area (Å²) in [6.07, 6.45) is 8.46. The Kier molecular flexibility index (Phi) is 6.16. The number of carboxylic acid groups (broad SMARTS) is 1. The highest BCUT2D eigenvalue weighted by atomic mass is 16.5. The van der Waals surface area contributed by atoms with Gasteiger partial charge in [0, 0.05) is 37.7 Å². The Labute approximate surface area is 144 Å². The van der Waals surface area contributed by atoms with Crippen molar-refractivity contribution in [2.45, 2.75) is 13.0 Å². The smallest absolute Gasteiger partial charge is 0.290 e. The molecule has 0 aliphatic carbocycles. The first kappa shape index (κ1) is 18.1. The summed E-state index contributed by atoms with van der Waals surface area (Å²) in [6.45, 7) is 0.549. The minimum absolute atomic E-state index is 0.113. The molecule has 0 radical (unpaired) electrons. The van der Waals surface area contributed by atoms with E-state index < -0.39 is 0 Å². The van der Waals surface area contributed by atoms with Gasteiger partial charge in [-0.2, -0.15) is 5.10 Å².